The highest BCUT2D eigenvalue weighted by molar-refractivity contribution is 8.54. The van der Waals surface area contributed by atoms with E-state index >= 15 is 0 Å². The second-order valence-electron chi connectivity index (χ2n) is 5.07. The van der Waals surface area contributed by atoms with E-state index in [1.807, 2.05) is 13.0 Å². The molecule has 118 valence electrons. The molecule has 4 N–H and O–H groups in total. The number of aromatic hydroxyl groups is 2. The highest BCUT2D eigenvalue weighted by Crippen LogP contribution is 2.55. The maximum absolute atomic E-state index is 11.2. The van der Waals surface area contributed by atoms with Crippen LogP contribution in [0.15, 0.2) is 47.4 Å². The van der Waals surface area contributed by atoms with Crippen LogP contribution in [0.25, 0.3) is 0 Å². The summed E-state index contributed by atoms with van der Waals surface area (Å²) in [6.45, 7) is -2.31. The van der Waals surface area contributed by atoms with Gasteiger partial charge in [0.25, 0.3) is 0 Å². The van der Waals surface area contributed by atoms with Crippen LogP contribution in [0.4, 0.5) is 0 Å². The van der Waals surface area contributed by atoms with Crippen LogP contribution in [0, 0.1) is 0 Å². The summed E-state index contributed by atoms with van der Waals surface area (Å²) in [5, 5.41) is 19.2. The first-order valence-electron chi connectivity index (χ1n) is 6.60. The number of phenolic OH excluding ortho intramolecular Hbond substituents is 2. The van der Waals surface area contributed by atoms with Crippen LogP contribution in [-0.4, -0.2) is 20.0 Å². The van der Waals surface area contributed by atoms with Crippen LogP contribution in [-0.2, 0) is 11.0 Å². The fraction of sp³-hybridized carbons (Fsp3) is 0.200. The summed E-state index contributed by atoms with van der Waals surface area (Å²) in [5.74, 6) is 0.239. The molecule has 0 aliphatic carbocycles. The molecule has 0 saturated carbocycles. The molecule has 5 nitrogen and oxygen atoms in total. The zero-order valence-corrected chi connectivity index (χ0v) is 13.6. The van der Waals surface area contributed by atoms with Crippen molar-refractivity contribution in [2.45, 2.75) is 24.2 Å². The quantitative estimate of drug-likeness (QED) is 0.621. The van der Waals surface area contributed by atoms with Gasteiger partial charge in [0.15, 0.2) is 0 Å². The van der Waals surface area contributed by atoms with Crippen molar-refractivity contribution in [3.8, 4) is 11.5 Å². The van der Waals surface area contributed by atoms with Gasteiger partial charge in [-0.05, 0) is 65.2 Å². The first-order chi connectivity index (χ1) is 10.2. The topological polar surface area (TPSA) is 98.0 Å². The van der Waals surface area contributed by atoms with Gasteiger partial charge >= 0.3 is 6.80 Å². The second-order valence-corrected chi connectivity index (χ2v) is 8.65. The van der Waals surface area contributed by atoms with Crippen molar-refractivity contribution in [1.29, 1.82) is 0 Å². The third-order valence-corrected chi connectivity index (χ3v) is 5.36. The summed E-state index contributed by atoms with van der Waals surface area (Å²) >= 11 is 0.483. The molecule has 2 aromatic rings. The molecule has 0 saturated heterocycles. The number of hydrogen-bond donors (Lipinski definition) is 4. The summed E-state index contributed by atoms with van der Waals surface area (Å²) in [4.78, 5) is 18.7. The van der Waals surface area contributed by atoms with Crippen LogP contribution in [0.3, 0.4) is 0 Å². The van der Waals surface area contributed by atoms with Crippen LogP contribution in [0.2, 0.25) is 0 Å². The van der Waals surface area contributed by atoms with Crippen molar-refractivity contribution in [3.05, 3.63) is 53.6 Å². The largest absolute Gasteiger partial charge is 0.508 e. The number of rotatable bonds is 5. The van der Waals surface area contributed by atoms with Crippen LogP contribution in [0.5, 0.6) is 11.5 Å². The van der Waals surface area contributed by atoms with E-state index in [2.05, 4.69) is 0 Å². The van der Waals surface area contributed by atoms with Gasteiger partial charge < -0.3 is 20.0 Å². The third-order valence-electron chi connectivity index (χ3n) is 3.23. The maximum Gasteiger partial charge on any atom is 0.388 e. The molecule has 22 heavy (non-hydrogen) atoms. The summed E-state index contributed by atoms with van der Waals surface area (Å²) in [6.07, 6.45) is 0.486. The fourth-order valence-electron chi connectivity index (χ4n) is 2.22. The van der Waals surface area contributed by atoms with E-state index in [0.717, 1.165) is 5.56 Å². The van der Waals surface area contributed by atoms with Crippen molar-refractivity contribution >= 4 is 18.2 Å². The Morgan fingerprint density at radius 2 is 1.77 bits per heavy atom. The molecule has 0 amide bonds. The number of benzene rings is 2. The Labute approximate surface area is 132 Å². The SMILES string of the molecule is CC(Cc1cc(O)ccc1SP(=O)(O)O)c1cccc(O)c1. The Balaban J connectivity index is 2.28. The van der Waals surface area contributed by atoms with Crippen LogP contribution < -0.4 is 0 Å². The lowest BCUT2D eigenvalue weighted by Gasteiger charge is -2.16. The monoisotopic (exact) mass is 340 g/mol. The van der Waals surface area contributed by atoms with Gasteiger partial charge in [-0.15, -0.1) is 0 Å². The van der Waals surface area contributed by atoms with Crippen molar-refractivity contribution in [3.63, 3.8) is 0 Å². The van der Waals surface area contributed by atoms with Gasteiger partial charge in [0.05, 0.1) is 0 Å². The Morgan fingerprint density at radius 3 is 2.41 bits per heavy atom. The van der Waals surface area contributed by atoms with Crippen LogP contribution in [0.1, 0.15) is 24.0 Å². The molecule has 0 aliphatic rings. The van der Waals surface area contributed by atoms with Gasteiger partial charge in [0.1, 0.15) is 11.5 Å². The van der Waals surface area contributed by atoms with Crippen molar-refractivity contribution in [2.75, 3.05) is 0 Å². The zero-order chi connectivity index (χ0) is 16.3. The Morgan fingerprint density at radius 1 is 1.09 bits per heavy atom. The Hall–Kier alpha value is -1.46. The average Bonchev–Trinajstić information content (AvgIpc) is 2.40. The summed E-state index contributed by atoms with van der Waals surface area (Å²) in [5.41, 5.74) is 1.57. The standard InChI is InChI=1S/C15H17O5PS/c1-10(11-3-2-4-13(16)8-11)7-12-9-14(17)5-6-15(12)22-21(18,19)20/h2-6,8-10,16-17H,7H2,1H3,(H2,18,19,20). The van der Waals surface area contributed by atoms with Gasteiger partial charge in [0, 0.05) is 4.90 Å². The average molecular weight is 340 g/mol. The Bertz CT molecular complexity index is 713. The molecule has 0 aromatic heterocycles. The summed E-state index contributed by atoms with van der Waals surface area (Å²) in [6, 6.07) is 11.3. The number of hydrogen-bond acceptors (Lipinski definition) is 4. The molecule has 0 aliphatic heterocycles. The minimum absolute atomic E-state index is 0.0185. The predicted molar refractivity (Wildman–Crippen MR) is 86.2 cm³/mol. The first-order valence-corrected chi connectivity index (χ1v) is 9.64. The van der Waals surface area contributed by atoms with Crippen molar-refractivity contribution in [2.24, 2.45) is 0 Å². The minimum atomic E-state index is -4.26. The van der Waals surface area contributed by atoms with E-state index in [0.29, 0.717) is 28.3 Å². The molecule has 2 aromatic carbocycles. The van der Waals surface area contributed by atoms with Crippen molar-refractivity contribution < 1.29 is 24.6 Å². The molecule has 0 bridgehead atoms. The number of phenols is 2. The predicted octanol–water partition coefficient (Wildman–Crippen LogP) is 3.63. The molecule has 1 atom stereocenters. The molecular weight excluding hydrogens is 323 g/mol. The lowest BCUT2D eigenvalue weighted by molar-refractivity contribution is 0.397. The van der Waals surface area contributed by atoms with Gasteiger partial charge in [-0.2, -0.15) is 0 Å². The first kappa shape index (κ1) is 16.9. The van der Waals surface area contributed by atoms with E-state index in [4.69, 9.17) is 9.79 Å². The molecule has 0 radical (unpaired) electrons. The molecule has 0 spiro atoms. The lowest BCUT2D eigenvalue weighted by atomic mass is 9.93. The summed E-state index contributed by atoms with van der Waals surface area (Å²) in [7, 11) is 0. The van der Waals surface area contributed by atoms with E-state index in [1.165, 1.54) is 18.2 Å². The molecule has 0 fully saturated rings. The van der Waals surface area contributed by atoms with E-state index in [-0.39, 0.29) is 17.4 Å². The normalized spacial score (nSPS) is 13.0. The molecular formula is C15H17O5PS. The minimum Gasteiger partial charge on any atom is -0.508 e. The zero-order valence-electron chi connectivity index (χ0n) is 11.9. The summed E-state index contributed by atoms with van der Waals surface area (Å²) < 4.78 is 11.2. The van der Waals surface area contributed by atoms with E-state index in [9.17, 15) is 14.8 Å². The molecule has 1 unspecified atom stereocenters. The lowest BCUT2D eigenvalue weighted by Crippen LogP contribution is -2.00. The van der Waals surface area contributed by atoms with Gasteiger partial charge in [-0.25, -0.2) is 4.57 Å². The maximum atomic E-state index is 11.2. The van der Waals surface area contributed by atoms with E-state index in [1.54, 1.807) is 18.2 Å². The van der Waals surface area contributed by atoms with Crippen LogP contribution >= 0.6 is 18.2 Å². The Kier molecular flexibility index (Phi) is 5.19. The van der Waals surface area contributed by atoms with E-state index < -0.39 is 6.80 Å². The second kappa shape index (κ2) is 6.75. The van der Waals surface area contributed by atoms with Crippen molar-refractivity contribution in [1.82, 2.24) is 0 Å². The highest BCUT2D eigenvalue weighted by Gasteiger charge is 2.19. The third kappa shape index (κ3) is 4.78. The fourth-order valence-corrected chi connectivity index (χ4v) is 4.17. The van der Waals surface area contributed by atoms with Gasteiger partial charge in [-0.3, -0.25) is 0 Å². The molecule has 7 heteroatoms. The van der Waals surface area contributed by atoms with Gasteiger partial charge in [0.2, 0.25) is 0 Å². The highest BCUT2D eigenvalue weighted by atomic mass is 32.7. The van der Waals surface area contributed by atoms with Gasteiger partial charge in [-0.1, -0.05) is 19.1 Å². The smallest absolute Gasteiger partial charge is 0.388 e. The molecule has 0 heterocycles. The molecule has 2 rings (SSSR count).